The number of aryl methyl sites for hydroxylation is 5. The highest BCUT2D eigenvalue weighted by atomic mass is 16.1. The van der Waals surface area contributed by atoms with Gasteiger partial charge in [0.1, 0.15) is 0 Å². The minimum atomic E-state index is 0.175. The van der Waals surface area contributed by atoms with Crippen LogP contribution in [0.5, 0.6) is 0 Å². The van der Waals surface area contributed by atoms with Crippen molar-refractivity contribution in [2.24, 2.45) is 0 Å². The van der Waals surface area contributed by atoms with Crippen LogP contribution >= 0.6 is 0 Å². The molecule has 0 saturated heterocycles. The highest BCUT2D eigenvalue weighted by Crippen LogP contribution is 2.29. The van der Waals surface area contributed by atoms with Gasteiger partial charge in [0.05, 0.1) is 0 Å². The van der Waals surface area contributed by atoms with Crippen molar-refractivity contribution in [3.8, 4) is 0 Å². The average Bonchev–Trinajstić information content (AvgIpc) is 3.25. The summed E-state index contributed by atoms with van der Waals surface area (Å²) in [5.74, 6) is 0.175. The first-order valence-corrected chi connectivity index (χ1v) is 16.6. The number of hydrogen-bond donors (Lipinski definition) is 0. The Balaban J connectivity index is 0. The molecule has 0 aromatic heterocycles. The van der Waals surface area contributed by atoms with Crippen molar-refractivity contribution >= 4 is 5.78 Å². The van der Waals surface area contributed by atoms with Gasteiger partial charge < -0.3 is 0 Å². The van der Waals surface area contributed by atoms with Crippen LogP contribution in [0.1, 0.15) is 132 Å². The summed E-state index contributed by atoms with van der Waals surface area (Å²) in [5.41, 5.74) is 18.6. The SMILES string of the molecule is C=C=C(C(=C)Cc1c(C)cccc1C)C1=C=CCCC(CC(=O)c2cc(C)c(CC)cc2C)=C1.CC.CC.CC.CCC. The molecule has 0 heterocycles. The number of benzene rings is 2. The van der Waals surface area contributed by atoms with Crippen LogP contribution in [-0.4, -0.2) is 5.78 Å². The second-order valence-corrected chi connectivity index (χ2v) is 10.1. The van der Waals surface area contributed by atoms with Gasteiger partial charge in [-0.1, -0.05) is 112 Å². The lowest BCUT2D eigenvalue weighted by molar-refractivity contribution is 0.0991. The fourth-order valence-electron chi connectivity index (χ4n) is 4.74. The second kappa shape index (κ2) is 24.1. The summed E-state index contributed by atoms with van der Waals surface area (Å²) in [4.78, 5) is 13.3. The topological polar surface area (TPSA) is 17.1 Å². The largest absolute Gasteiger partial charge is 0.294 e. The molecule has 0 fully saturated rings. The van der Waals surface area contributed by atoms with Crippen LogP contribution in [0.15, 0.2) is 89.4 Å². The Morgan fingerprint density at radius 3 is 1.93 bits per heavy atom. The summed E-state index contributed by atoms with van der Waals surface area (Å²) in [6.45, 7) is 35.1. The van der Waals surface area contributed by atoms with E-state index < -0.39 is 0 Å². The number of hydrogen-bond acceptors (Lipinski definition) is 1. The molecule has 0 aliphatic heterocycles. The molecule has 0 amide bonds. The molecule has 1 heteroatoms. The molecule has 0 bridgehead atoms. The van der Waals surface area contributed by atoms with E-state index in [1.807, 2.05) is 48.5 Å². The quantitative estimate of drug-likeness (QED) is 0.172. The van der Waals surface area contributed by atoms with E-state index in [-0.39, 0.29) is 5.78 Å². The van der Waals surface area contributed by atoms with Crippen molar-refractivity contribution in [3.63, 3.8) is 0 Å². The van der Waals surface area contributed by atoms with Gasteiger partial charge in [0.15, 0.2) is 5.78 Å². The fourth-order valence-corrected chi connectivity index (χ4v) is 4.74. The van der Waals surface area contributed by atoms with Crippen molar-refractivity contribution in [1.82, 2.24) is 0 Å². The highest BCUT2D eigenvalue weighted by molar-refractivity contribution is 5.99. The predicted octanol–water partition coefficient (Wildman–Crippen LogP) is 12.9. The van der Waals surface area contributed by atoms with Gasteiger partial charge in [-0.2, -0.15) is 0 Å². The van der Waals surface area contributed by atoms with Crippen LogP contribution in [0.2, 0.25) is 0 Å². The molecule has 2 aromatic rings. The number of ketones is 1. The van der Waals surface area contributed by atoms with E-state index in [0.29, 0.717) is 6.42 Å². The maximum absolute atomic E-state index is 13.3. The number of carbonyl (C=O) groups excluding carboxylic acids is 1. The number of carbonyl (C=O) groups is 1. The van der Waals surface area contributed by atoms with Crippen LogP contribution in [0.3, 0.4) is 0 Å². The monoisotopic (exact) mass is 582 g/mol. The molecule has 0 radical (unpaired) electrons. The molecule has 0 atom stereocenters. The van der Waals surface area contributed by atoms with Gasteiger partial charge in [0.25, 0.3) is 0 Å². The molecule has 1 aliphatic carbocycles. The Labute approximate surface area is 266 Å². The van der Waals surface area contributed by atoms with Crippen LogP contribution in [0.25, 0.3) is 0 Å². The first-order valence-electron chi connectivity index (χ1n) is 16.6. The van der Waals surface area contributed by atoms with Crippen molar-refractivity contribution < 1.29 is 4.79 Å². The van der Waals surface area contributed by atoms with Crippen molar-refractivity contribution in [2.45, 2.75) is 129 Å². The lowest BCUT2D eigenvalue weighted by Crippen LogP contribution is -2.06. The van der Waals surface area contributed by atoms with Gasteiger partial charge >= 0.3 is 0 Å². The normalized spacial score (nSPS) is 11.1. The summed E-state index contributed by atoms with van der Waals surface area (Å²) in [5, 5.41) is 0. The van der Waals surface area contributed by atoms with E-state index in [1.54, 1.807) is 0 Å². The van der Waals surface area contributed by atoms with Crippen molar-refractivity contribution in [3.05, 3.63) is 128 Å². The van der Waals surface area contributed by atoms with Gasteiger partial charge in [0.2, 0.25) is 0 Å². The molecule has 0 saturated carbocycles. The van der Waals surface area contributed by atoms with Crippen molar-refractivity contribution in [2.75, 3.05) is 0 Å². The molecular formula is C42H62O. The first kappa shape index (κ1) is 41.8. The Morgan fingerprint density at radius 2 is 1.42 bits per heavy atom. The lowest BCUT2D eigenvalue weighted by Gasteiger charge is -2.14. The molecular weight excluding hydrogens is 520 g/mol. The minimum absolute atomic E-state index is 0.175. The van der Waals surface area contributed by atoms with Gasteiger partial charge in [0, 0.05) is 23.1 Å². The zero-order valence-corrected chi connectivity index (χ0v) is 30.1. The maximum Gasteiger partial charge on any atom is 0.167 e. The fraction of sp³-hybridized carbons (Fsp3) is 0.452. The van der Waals surface area contributed by atoms with E-state index in [0.717, 1.165) is 59.1 Å². The Hall–Kier alpha value is -3.37. The molecule has 2 aromatic carbocycles. The second-order valence-electron chi connectivity index (χ2n) is 10.1. The van der Waals surface area contributed by atoms with Crippen LogP contribution in [-0.2, 0) is 12.8 Å². The molecule has 3 rings (SSSR count). The first-order chi connectivity index (χ1) is 20.7. The summed E-state index contributed by atoms with van der Waals surface area (Å²) in [6, 6.07) is 10.6. The number of allylic oxidation sites excluding steroid dienone is 5. The molecule has 1 nitrogen and oxygen atoms in total. The molecule has 43 heavy (non-hydrogen) atoms. The van der Waals surface area contributed by atoms with Gasteiger partial charge in [-0.15, -0.1) is 11.5 Å². The molecule has 0 spiro atoms. The smallest absolute Gasteiger partial charge is 0.167 e. The predicted molar refractivity (Wildman–Crippen MR) is 195 cm³/mol. The Bertz CT molecular complexity index is 1280. The average molecular weight is 583 g/mol. The number of rotatable bonds is 8. The minimum Gasteiger partial charge on any atom is -0.294 e. The van der Waals surface area contributed by atoms with Crippen LogP contribution in [0, 0.1) is 27.7 Å². The lowest BCUT2D eigenvalue weighted by atomic mass is 9.89. The van der Waals surface area contributed by atoms with E-state index in [1.165, 1.54) is 34.2 Å². The maximum atomic E-state index is 13.3. The molecule has 0 N–H and O–H groups in total. The summed E-state index contributed by atoms with van der Waals surface area (Å²) in [7, 11) is 0. The highest BCUT2D eigenvalue weighted by Gasteiger charge is 2.17. The molecule has 1 aliphatic rings. The Kier molecular flexibility index (Phi) is 23.4. The zero-order chi connectivity index (χ0) is 33.5. The van der Waals surface area contributed by atoms with E-state index >= 15 is 0 Å². The third-order valence-corrected chi connectivity index (χ3v) is 6.80. The summed E-state index contributed by atoms with van der Waals surface area (Å²) >= 11 is 0. The standard InChI is InChI=1S/C33H36O.C3H8.3C2H6/c1-8-28-17-25(6)32(18-24(28)5)33(34)21-27-15-10-11-16-29(20-27)30(9-2)26(7)19-31-22(3)13-12-14-23(31)4;1-3-2;3*1-2/h11-14,17-18,20H,2,7-8,10,15,19,21H2,1,3-6H3;3H2,1-2H3;3*1-2H3. The van der Waals surface area contributed by atoms with Crippen molar-refractivity contribution in [1.29, 1.82) is 0 Å². The zero-order valence-electron chi connectivity index (χ0n) is 30.1. The number of Topliss-reactive ketones (excluding diaryl/α,β-unsaturated/α-hetero) is 1. The third-order valence-electron chi connectivity index (χ3n) is 6.80. The summed E-state index contributed by atoms with van der Waals surface area (Å²) in [6.07, 6.45) is 9.26. The van der Waals surface area contributed by atoms with E-state index in [9.17, 15) is 4.79 Å². The Morgan fingerprint density at radius 1 is 0.860 bits per heavy atom. The van der Waals surface area contributed by atoms with Crippen LogP contribution in [0.4, 0.5) is 0 Å². The van der Waals surface area contributed by atoms with Gasteiger partial charge in [-0.3, -0.25) is 4.79 Å². The molecule has 236 valence electrons. The summed E-state index contributed by atoms with van der Waals surface area (Å²) < 4.78 is 0. The van der Waals surface area contributed by atoms with Gasteiger partial charge in [-0.25, -0.2) is 0 Å². The van der Waals surface area contributed by atoms with E-state index in [4.69, 9.17) is 0 Å². The van der Waals surface area contributed by atoms with Crippen LogP contribution < -0.4 is 0 Å². The third kappa shape index (κ3) is 13.6. The van der Waals surface area contributed by atoms with E-state index in [2.05, 4.69) is 109 Å². The molecule has 0 unspecified atom stereocenters. The van der Waals surface area contributed by atoms with Gasteiger partial charge in [-0.05, 0) is 111 Å².